The number of nitrogens with one attached hydrogen (secondary N) is 1. The SMILES string of the molecule is Cc1c(Cl)cnc(N(C)C[C@H]2OCC[C@H]2c2ncn[nH]2)c1C#N. The van der Waals surface area contributed by atoms with Crippen LogP contribution in [0.15, 0.2) is 12.5 Å². The topological polar surface area (TPSA) is 90.7 Å². The highest BCUT2D eigenvalue weighted by Gasteiger charge is 2.33. The van der Waals surface area contributed by atoms with Gasteiger partial charge in [0.25, 0.3) is 0 Å². The summed E-state index contributed by atoms with van der Waals surface area (Å²) >= 11 is 6.05. The largest absolute Gasteiger partial charge is 0.376 e. The second-order valence-electron chi connectivity index (χ2n) is 5.60. The van der Waals surface area contributed by atoms with Crippen LogP contribution in [0.2, 0.25) is 5.02 Å². The van der Waals surface area contributed by atoms with Crippen LogP contribution >= 0.6 is 11.6 Å². The van der Waals surface area contributed by atoms with E-state index >= 15 is 0 Å². The molecule has 1 aliphatic heterocycles. The first kappa shape index (κ1) is 15.7. The number of likely N-dealkylation sites (N-methyl/N-ethyl adjacent to an activating group) is 1. The number of aromatic nitrogens is 4. The van der Waals surface area contributed by atoms with Crippen molar-refractivity contribution in [3.8, 4) is 6.07 Å². The lowest BCUT2D eigenvalue weighted by molar-refractivity contribution is 0.108. The molecule has 7 nitrogen and oxygen atoms in total. The number of pyridine rings is 1. The van der Waals surface area contributed by atoms with E-state index < -0.39 is 0 Å². The Kier molecular flexibility index (Phi) is 4.46. The van der Waals surface area contributed by atoms with Gasteiger partial charge in [-0.25, -0.2) is 9.97 Å². The predicted octanol–water partition coefficient (Wildman–Crippen LogP) is 2.04. The maximum absolute atomic E-state index is 9.41. The highest BCUT2D eigenvalue weighted by Crippen LogP contribution is 2.31. The van der Waals surface area contributed by atoms with Crippen molar-refractivity contribution in [2.75, 3.05) is 25.1 Å². The summed E-state index contributed by atoms with van der Waals surface area (Å²) in [5, 5.41) is 16.7. The summed E-state index contributed by atoms with van der Waals surface area (Å²) in [7, 11) is 1.90. The third-order valence-corrected chi connectivity index (χ3v) is 4.56. The lowest BCUT2D eigenvalue weighted by atomic mass is 10.0. The fourth-order valence-electron chi connectivity index (χ4n) is 2.88. The van der Waals surface area contributed by atoms with Crippen LogP contribution in [-0.2, 0) is 4.74 Å². The summed E-state index contributed by atoms with van der Waals surface area (Å²) in [6, 6.07) is 2.19. The van der Waals surface area contributed by atoms with Gasteiger partial charge in [0.1, 0.15) is 24.0 Å². The number of nitrogens with zero attached hydrogens (tertiary/aromatic N) is 5. The lowest BCUT2D eigenvalue weighted by Gasteiger charge is -2.25. The number of nitriles is 1. The van der Waals surface area contributed by atoms with Crippen molar-refractivity contribution in [2.24, 2.45) is 0 Å². The van der Waals surface area contributed by atoms with E-state index in [0.29, 0.717) is 29.6 Å². The number of H-pyrrole nitrogens is 1. The van der Waals surface area contributed by atoms with E-state index in [0.717, 1.165) is 17.8 Å². The van der Waals surface area contributed by atoms with Crippen LogP contribution in [0.25, 0.3) is 0 Å². The zero-order valence-electron chi connectivity index (χ0n) is 13.0. The molecular weight excluding hydrogens is 316 g/mol. The van der Waals surface area contributed by atoms with Gasteiger partial charge >= 0.3 is 0 Å². The molecule has 2 aromatic rings. The second kappa shape index (κ2) is 6.52. The van der Waals surface area contributed by atoms with Gasteiger partial charge in [0.15, 0.2) is 0 Å². The minimum atomic E-state index is -0.0303. The van der Waals surface area contributed by atoms with Crippen molar-refractivity contribution in [1.29, 1.82) is 5.26 Å². The Hall–Kier alpha value is -2.17. The Morgan fingerprint density at radius 3 is 3.04 bits per heavy atom. The van der Waals surface area contributed by atoms with Crippen molar-refractivity contribution in [2.45, 2.75) is 25.4 Å². The molecule has 0 bridgehead atoms. The van der Waals surface area contributed by atoms with Gasteiger partial charge in [0, 0.05) is 32.3 Å². The Morgan fingerprint density at radius 1 is 1.52 bits per heavy atom. The van der Waals surface area contributed by atoms with E-state index in [1.165, 1.54) is 6.33 Å². The Balaban J connectivity index is 1.81. The molecule has 0 unspecified atom stereocenters. The average molecular weight is 333 g/mol. The van der Waals surface area contributed by atoms with Gasteiger partial charge in [-0.1, -0.05) is 11.6 Å². The number of hydrogen-bond acceptors (Lipinski definition) is 6. The van der Waals surface area contributed by atoms with Gasteiger partial charge in [0.05, 0.1) is 16.7 Å². The molecule has 0 saturated carbocycles. The van der Waals surface area contributed by atoms with Crippen molar-refractivity contribution in [3.63, 3.8) is 0 Å². The van der Waals surface area contributed by atoms with E-state index in [2.05, 4.69) is 26.2 Å². The van der Waals surface area contributed by atoms with E-state index in [-0.39, 0.29) is 12.0 Å². The first-order valence-corrected chi connectivity index (χ1v) is 7.72. The number of ether oxygens (including phenoxy) is 1. The second-order valence-corrected chi connectivity index (χ2v) is 6.00. The molecule has 8 heteroatoms. The molecule has 0 spiro atoms. The molecule has 3 heterocycles. The minimum absolute atomic E-state index is 0.0303. The Morgan fingerprint density at radius 2 is 2.35 bits per heavy atom. The van der Waals surface area contributed by atoms with E-state index in [9.17, 15) is 5.26 Å². The van der Waals surface area contributed by atoms with Crippen LogP contribution in [0.1, 0.15) is 29.3 Å². The molecule has 0 aromatic carbocycles. The standard InChI is InChI=1S/C15H17ClN6O/c1-9-11(5-17)15(18-6-12(9)16)22(2)7-13-10(3-4-23-13)14-19-8-20-21-14/h6,8,10,13H,3-4,7H2,1-2H3,(H,19,20,21)/t10-,13-/m1/s1. The predicted molar refractivity (Wildman–Crippen MR) is 85.4 cm³/mol. The molecule has 23 heavy (non-hydrogen) atoms. The van der Waals surface area contributed by atoms with Crippen LogP contribution in [0, 0.1) is 18.3 Å². The third kappa shape index (κ3) is 3.00. The van der Waals surface area contributed by atoms with Crippen LogP contribution in [0.3, 0.4) is 0 Å². The molecule has 1 saturated heterocycles. The smallest absolute Gasteiger partial charge is 0.146 e. The van der Waals surface area contributed by atoms with Crippen LogP contribution in [0.5, 0.6) is 0 Å². The fraction of sp³-hybridized carbons (Fsp3) is 0.467. The molecule has 0 aliphatic carbocycles. The van der Waals surface area contributed by atoms with Gasteiger partial charge in [-0.05, 0) is 18.9 Å². The molecule has 1 fully saturated rings. The molecule has 1 N–H and O–H groups in total. The molecule has 1 aliphatic rings. The minimum Gasteiger partial charge on any atom is -0.376 e. The summed E-state index contributed by atoms with van der Waals surface area (Å²) in [4.78, 5) is 10.5. The first-order chi connectivity index (χ1) is 11.1. The summed E-state index contributed by atoms with van der Waals surface area (Å²) in [5.41, 5.74) is 1.24. The van der Waals surface area contributed by atoms with Crippen LogP contribution < -0.4 is 4.90 Å². The summed E-state index contributed by atoms with van der Waals surface area (Å²) in [6.45, 7) is 3.11. The normalized spacial score (nSPS) is 20.4. The monoisotopic (exact) mass is 332 g/mol. The number of rotatable bonds is 4. The molecule has 3 rings (SSSR count). The summed E-state index contributed by atoms with van der Waals surface area (Å²) in [6.07, 6.45) is 3.95. The zero-order chi connectivity index (χ0) is 16.4. The highest BCUT2D eigenvalue weighted by atomic mass is 35.5. The van der Waals surface area contributed by atoms with Gasteiger partial charge in [0.2, 0.25) is 0 Å². The third-order valence-electron chi connectivity index (χ3n) is 4.18. The van der Waals surface area contributed by atoms with Crippen molar-refractivity contribution >= 4 is 17.4 Å². The van der Waals surface area contributed by atoms with Crippen molar-refractivity contribution in [1.82, 2.24) is 20.2 Å². The molecule has 0 amide bonds. The molecule has 120 valence electrons. The maximum atomic E-state index is 9.41. The number of aromatic amines is 1. The van der Waals surface area contributed by atoms with E-state index in [4.69, 9.17) is 16.3 Å². The van der Waals surface area contributed by atoms with Crippen molar-refractivity contribution in [3.05, 3.63) is 34.5 Å². The summed E-state index contributed by atoms with van der Waals surface area (Å²) < 4.78 is 5.84. The van der Waals surface area contributed by atoms with Gasteiger partial charge in [-0.2, -0.15) is 10.4 Å². The molecule has 2 atom stereocenters. The Bertz CT molecular complexity index is 726. The molecule has 0 radical (unpaired) electrons. The van der Waals surface area contributed by atoms with Gasteiger partial charge < -0.3 is 9.64 Å². The lowest BCUT2D eigenvalue weighted by Crippen LogP contribution is -2.33. The molecule has 2 aromatic heterocycles. The maximum Gasteiger partial charge on any atom is 0.146 e. The summed E-state index contributed by atoms with van der Waals surface area (Å²) in [5.74, 6) is 1.61. The van der Waals surface area contributed by atoms with Gasteiger partial charge in [-0.3, -0.25) is 5.10 Å². The molecular formula is C15H17ClN6O. The van der Waals surface area contributed by atoms with E-state index in [1.54, 1.807) is 6.20 Å². The quantitative estimate of drug-likeness (QED) is 0.921. The van der Waals surface area contributed by atoms with E-state index in [1.807, 2.05) is 18.9 Å². The van der Waals surface area contributed by atoms with Crippen molar-refractivity contribution < 1.29 is 4.74 Å². The first-order valence-electron chi connectivity index (χ1n) is 7.35. The fourth-order valence-corrected chi connectivity index (χ4v) is 3.02. The Labute approximate surface area is 139 Å². The van der Waals surface area contributed by atoms with Crippen LogP contribution in [0.4, 0.5) is 5.82 Å². The average Bonchev–Trinajstić information content (AvgIpc) is 3.20. The number of anilines is 1. The highest BCUT2D eigenvalue weighted by molar-refractivity contribution is 6.31. The van der Waals surface area contributed by atoms with Gasteiger partial charge in [-0.15, -0.1) is 0 Å². The number of hydrogen-bond donors (Lipinski definition) is 1. The number of halogens is 1. The van der Waals surface area contributed by atoms with Crippen LogP contribution in [-0.4, -0.2) is 46.5 Å². The zero-order valence-corrected chi connectivity index (χ0v) is 13.7.